The zero-order valence-electron chi connectivity index (χ0n) is 8.14. The summed E-state index contributed by atoms with van der Waals surface area (Å²) in [7, 11) is 0. The van der Waals surface area contributed by atoms with Crippen LogP contribution < -0.4 is 0 Å². The van der Waals surface area contributed by atoms with Crippen molar-refractivity contribution in [2.45, 2.75) is 19.3 Å². The van der Waals surface area contributed by atoms with Crippen LogP contribution in [0.25, 0.3) is 0 Å². The van der Waals surface area contributed by atoms with Crippen molar-refractivity contribution in [2.75, 3.05) is 0 Å². The highest BCUT2D eigenvalue weighted by Gasteiger charge is 2.16. The standard InChI is InChI=1S/C10H9ClF2O3/c11-6-4-5(2-1-3-7(14)15)8(12)9(13)10(6)16/h4,16H,1-3H2,(H,14,15). The molecule has 0 aliphatic heterocycles. The van der Waals surface area contributed by atoms with Gasteiger partial charge in [0.15, 0.2) is 11.6 Å². The number of hydrogen-bond acceptors (Lipinski definition) is 2. The fourth-order valence-electron chi connectivity index (χ4n) is 1.25. The molecule has 0 radical (unpaired) electrons. The summed E-state index contributed by atoms with van der Waals surface area (Å²) in [5, 5.41) is 17.1. The molecule has 1 aromatic rings. The fourth-order valence-corrected chi connectivity index (χ4v) is 1.46. The number of rotatable bonds is 4. The summed E-state index contributed by atoms with van der Waals surface area (Å²) < 4.78 is 26.2. The average Bonchev–Trinajstić information content (AvgIpc) is 2.22. The molecule has 0 aromatic heterocycles. The fraction of sp³-hybridized carbons (Fsp3) is 0.300. The Kier molecular flexibility index (Phi) is 4.06. The first kappa shape index (κ1) is 12.7. The highest BCUT2D eigenvalue weighted by atomic mass is 35.5. The van der Waals surface area contributed by atoms with Crippen molar-refractivity contribution in [3.05, 3.63) is 28.3 Å². The number of benzene rings is 1. The minimum absolute atomic E-state index is 0.0402. The zero-order chi connectivity index (χ0) is 12.3. The molecule has 0 fully saturated rings. The Balaban J connectivity index is 2.85. The van der Waals surface area contributed by atoms with Crippen LogP contribution in [-0.2, 0) is 11.2 Å². The van der Waals surface area contributed by atoms with Gasteiger partial charge < -0.3 is 10.2 Å². The largest absolute Gasteiger partial charge is 0.504 e. The van der Waals surface area contributed by atoms with E-state index in [4.69, 9.17) is 21.8 Å². The molecule has 0 aliphatic rings. The summed E-state index contributed by atoms with van der Waals surface area (Å²) in [5.74, 6) is -4.53. The Morgan fingerprint density at radius 3 is 2.56 bits per heavy atom. The number of aromatic hydroxyl groups is 1. The molecular weight excluding hydrogens is 242 g/mol. The topological polar surface area (TPSA) is 57.5 Å². The first-order valence-corrected chi connectivity index (χ1v) is 4.88. The second-order valence-corrected chi connectivity index (χ2v) is 3.65. The van der Waals surface area contributed by atoms with Crippen molar-refractivity contribution in [1.29, 1.82) is 0 Å². The molecule has 16 heavy (non-hydrogen) atoms. The van der Waals surface area contributed by atoms with Gasteiger partial charge in [-0.25, -0.2) is 4.39 Å². The SMILES string of the molecule is O=C(O)CCCc1cc(Cl)c(O)c(F)c1F. The molecule has 88 valence electrons. The molecule has 0 amide bonds. The van der Waals surface area contributed by atoms with E-state index in [2.05, 4.69) is 0 Å². The van der Waals surface area contributed by atoms with Gasteiger partial charge in [0.05, 0.1) is 5.02 Å². The zero-order valence-corrected chi connectivity index (χ0v) is 8.89. The number of carboxylic acid groups (broad SMARTS) is 1. The number of phenolic OH excluding ortho intramolecular Hbond substituents is 1. The molecule has 0 bridgehead atoms. The molecular formula is C10H9ClF2O3. The smallest absolute Gasteiger partial charge is 0.303 e. The number of halogens is 3. The van der Waals surface area contributed by atoms with Gasteiger partial charge in [-0.15, -0.1) is 0 Å². The van der Waals surface area contributed by atoms with E-state index in [0.29, 0.717) is 0 Å². The number of hydrogen-bond donors (Lipinski definition) is 2. The Hall–Kier alpha value is -1.36. The summed E-state index contributed by atoms with van der Waals surface area (Å²) >= 11 is 5.46. The van der Waals surface area contributed by atoms with Crippen LogP contribution in [0.15, 0.2) is 6.07 Å². The maximum absolute atomic E-state index is 13.2. The lowest BCUT2D eigenvalue weighted by atomic mass is 10.1. The van der Waals surface area contributed by atoms with Gasteiger partial charge in [0.2, 0.25) is 5.82 Å². The Morgan fingerprint density at radius 1 is 1.38 bits per heavy atom. The summed E-state index contributed by atoms with van der Waals surface area (Å²) in [4.78, 5) is 10.2. The molecule has 1 aromatic carbocycles. The molecule has 3 nitrogen and oxygen atoms in total. The molecule has 0 unspecified atom stereocenters. The average molecular weight is 251 g/mol. The van der Waals surface area contributed by atoms with E-state index in [0.717, 1.165) is 6.07 Å². The van der Waals surface area contributed by atoms with Gasteiger partial charge >= 0.3 is 5.97 Å². The van der Waals surface area contributed by atoms with Gasteiger partial charge in [0.25, 0.3) is 0 Å². The highest BCUT2D eigenvalue weighted by Crippen LogP contribution is 2.31. The second-order valence-electron chi connectivity index (χ2n) is 3.24. The monoisotopic (exact) mass is 250 g/mol. The van der Waals surface area contributed by atoms with Crippen molar-refractivity contribution in [2.24, 2.45) is 0 Å². The van der Waals surface area contributed by atoms with E-state index >= 15 is 0 Å². The third-order valence-corrected chi connectivity index (χ3v) is 2.33. The number of aryl methyl sites for hydroxylation is 1. The quantitative estimate of drug-likeness (QED) is 0.808. The van der Waals surface area contributed by atoms with Crippen molar-refractivity contribution in [3.63, 3.8) is 0 Å². The first-order valence-electron chi connectivity index (χ1n) is 4.50. The Morgan fingerprint density at radius 2 is 2.00 bits per heavy atom. The Labute approximate surface area is 95.3 Å². The lowest BCUT2D eigenvalue weighted by molar-refractivity contribution is -0.137. The van der Waals surface area contributed by atoms with E-state index in [9.17, 15) is 13.6 Å². The van der Waals surface area contributed by atoms with Crippen LogP contribution in [0.4, 0.5) is 8.78 Å². The highest BCUT2D eigenvalue weighted by molar-refractivity contribution is 6.32. The van der Waals surface area contributed by atoms with Crippen molar-refractivity contribution in [3.8, 4) is 5.75 Å². The first-order chi connectivity index (χ1) is 7.43. The molecule has 0 saturated heterocycles. The summed E-state index contributed by atoms with van der Waals surface area (Å²) in [6.45, 7) is 0. The van der Waals surface area contributed by atoms with Crippen molar-refractivity contribution >= 4 is 17.6 Å². The second kappa shape index (κ2) is 5.12. The van der Waals surface area contributed by atoms with Crippen LogP contribution in [0.2, 0.25) is 5.02 Å². The van der Waals surface area contributed by atoms with Crippen LogP contribution in [0.1, 0.15) is 18.4 Å². The number of aliphatic carboxylic acids is 1. The third-order valence-electron chi connectivity index (χ3n) is 2.05. The number of phenols is 1. The summed E-state index contributed by atoms with van der Waals surface area (Å²) in [6, 6.07) is 1.09. The van der Waals surface area contributed by atoms with Crippen LogP contribution in [0.3, 0.4) is 0 Å². The molecule has 0 spiro atoms. The van der Waals surface area contributed by atoms with Crippen molar-refractivity contribution in [1.82, 2.24) is 0 Å². The van der Waals surface area contributed by atoms with Crippen LogP contribution >= 0.6 is 11.6 Å². The van der Waals surface area contributed by atoms with Gasteiger partial charge in [0.1, 0.15) is 0 Å². The molecule has 6 heteroatoms. The van der Waals surface area contributed by atoms with E-state index < -0.39 is 23.4 Å². The minimum atomic E-state index is -1.40. The lowest BCUT2D eigenvalue weighted by Crippen LogP contribution is -1.99. The van der Waals surface area contributed by atoms with E-state index in [1.807, 2.05) is 0 Å². The predicted molar refractivity (Wildman–Crippen MR) is 53.6 cm³/mol. The molecule has 2 N–H and O–H groups in total. The van der Waals surface area contributed by atoms with Gasteiger partial charge in [0, 0.05) is 6.42 Å². The van der Waals surface area contributed by atoms with E-state index in [-0.39, 0.29) is 29.8 Å². The van der Waals surface area contributed by atoms with Crippen molar-refractivity contribution < 1.29 is 23.8 Å². The molecule has 0 aliphatic carbocycles. The van der Waals surface area contributed by atoms with Crippen LogP contribution in [0, 0.1) is 11.6 Å². The lowest BCUT2D eigenvalue weighted by Gasteiger charge is -2.06. The van der Waals surface area contributed by atoms with E-state index in [1.165, 1.54) is 0 Å². The molecule has 0 atom stereocenters. The van der Waals surface area contributed by atoms with Gasteiger partial charge in [-0.3, -0.25) is 4.79 Å². The number of carbonyl (C=O) groups is 1. The maximum atomic E-state index is 13.2. The van der Waals surface area contributed by atoms with E-state index in [1.54, 1.807) is 0 Å². The Bertz CT molecular complexity index is 421. The third kappa shape index (κ3) is 2.82. The van der Waals surface area contributed by atoms with Gasteiger partial charge in [-0.2, -0.15) is 4.39 Å². The molecule has 0 saturated carbocycles. The minimum Gasteiger partial charge on any atom is -0.504 e. The van der Waals surface area contributed by atoms with Gasteiger partial charge in [-0.05, 0) is 24.5 Å². The normalized spacial score (nSPS) is 10.4. The maximum Gasteiger partial charge on any atom is 0.303 e. The molecule has 1 rings (SSSR count). The van der Waals surface area contributed by atoms with Crippen LogP contribution in [0.5, 0.6) is 5.75 Å². The summed E-state index contributed by atoms with van der Waals surface area (Å²) in [6.07, 6.45) is 0.0847. The predicted octanol–water partition coefficient (Wildman–Crippen LogP) is 2.73. The van der Waals surface area contributed by atoms with Crippen LogP contribution in [-0.4, -0.2) is 16.2 Å². The number of carboxylic acids is 1. The summed E-state index contributed by atoms with van der Waals surface area (Å²) in [5.41, 5.74) is -0.0402. The molecule has 0 heterocycles. The van der Waals surface area contributed by atoms with Gasteiger partial charge in [-0.1, -0.05) is 11.6 Å².